The minimum absolute atomic E-state index is 0.0390. The molecule has 1 aliphatic carbocycles. The number of nitrogens with zero attached hydrogens (tertiary/aromatic N) is 4. The van der Waals surface area contributed by atoms with Gasteiger partial charge in [0, 0.05) is 24.0 Å². The van der Waals surface area contributed by atoms with Gasteiger partial charge < -0.3 is 15.7 Å². The average molecular weight is 517 g/mol. The molecule has 188 valence electrons. The third kappa shape index (κ3) is 5.80. The number of aliphatic hydroxyl groups is 1. The number of alkyl halides is 3. The van der Waals surface area contributed by atoms with E-state index in [9.17, 15) is 23.1 Å². The highest BCUT2D eigenvalue weighted by Gasteiger charge is 2.39. The van der Waals surface area contributed by atoms with E-state index in [2.05, 4.69) is 25.6 Å². The Hall–Kier alpha value is -3.56. The Kier molecular flexibility index (Phi) is 7.23. The van der Waals surface area contributed by atoms with Crippen LogP contribution in [0, 0.1) is 24.2 Å². The van der Waals surface area contributed by atoms with Crippen LogP contribution in [-0.2, 0) is 16.6 Å². The summed E-state index contributed by atoms with van der Waals surface area (Å²) in [7, 11) is 0. The minimum atomic E-state index is -4.57. The molecular weight excluding hydrogens is 493 g/mol. The number of aromatic nitrogens is 3. The van der Waals surface area contributed by atoms with Crippen LogP contribution in [0.1, 0.15) is 41.9 Å². The van der Waals surface area contributed by atoms with Crippen LogP contribution in [0.2, 0.25) is 0 Å². The predicted octanol–water partition coefficient (Wildman–Crippen LogP) is 4.69. The highest BCUT2D eigenvalue weighted by Crippen LogP contribution is 2.43. The maximum Gasteiger partial charge on any atom is 0.433 e. The number of benzene rings is 1. The summed E-state index contributed by atoms with van der Waals surface area (Å²) in [6.07, 6.45) is -0.154. The van der Waals surface area contributed by atoms with Crippen molar-refractivity contribution in [1.29, 1.82) is 5.26 Å². The van der Waals surface area contributed by atoms with Crippen molar-refractivity contribution in [2.75, 3.05) is 11.9 Å². The number of nitriles is 1. The van der Waals surface area contributed by atoms with E-state index in [4.69, 9.17) is 5.26 Å². The quantitative estimate of drug-likeness (QED) is 0.406. The molecule has 3 aromatic rings. The molecule has 0 bridgehead atoms. The average Bonchev–Trinajstić information content (AvgIpc) is 3.34. The fraction of sp³-hybridized carbons (Fsp3) is 0.375. The lowest BCUT2D eigenvalue weighted by molar-refractivity contribution is -0.141. The van der Waals surface area contributed by atoms with E-state index in [0.717, 1.165) is 28.3 Å². The molecule has 1 aromatic carbocycles. The molecule has 0 radical (unpaired) electrons. The molecule has 0 saturated heterocycles. The number of carbonyl (C=O) groups is 1. The molecule has 2 heterocycles. The predicted molar refractivity (Wildman–Crippen MR) is 127 cm³/mol. The Labute approximate surface area is 209 Å². The maximum atomic E-state index is 13.0. The van der Waals surface area contributed by atoms with Gasteiger partial charge in [-0.05, 0) is 61.9 Å². The zero-order valence-corrected chi connectivity index (χ0v) is 20.1. The lowest BCUT2D eigenvalue weighted by atomic mass is 9.79. The van der Waals surface area contributed by atoms with Crippen molar-refractivity contribution in [3.63, 3.8) is 0 Å². The van der Waals surface area contributed by atoms with Gasteiger partial charge in [0.2, 0.25) is 11.9 Å². The highest BCUT2D eigenvalue weighted by atomic mass is 32.1. The van der Waals surface area contributed by atoms with E-state index in [-0.39, 0.29) is 24.3 Å². The first-order valence-electron chi connectivity index (χ1n) is 11.2. The number of amides is 1. The van der Waals surface area contributed by atoms with Gasteiger partial charge in [-0.15, -0.1) is 11.3 Å². The topological polar surface area (TPSA) is 124 Å². The Bertz CT molecular complexity index is 1300. The van der Waals surface area contributed by atoms with Crippen LogP contribution in [0.25, 0.3) is 10.4 Å². The van der Waals surface area contributed by atoms with E-state index in [1.54, 1.807) is 18.3 Å². The molecule has 12 heteroatoms. The summed E-state index contributed by atoms with van der Waals surface area (Å²) in [4.78, 5) is 24.8. The fourth-order valence-electron chi connectivity index (χ4n) is 4.17. The molecule has 0 unspecified atom stereocenters. The second kappa shape index (κ2) is 10.2. The van der Waals surface area contributed by atoms with Crippen LogP contribution in [0.3, 0.4) is 0 Å². The van der Waals surface area contributed by atoms with Crippen molar-refractivity contribution >= 4 is 28.9 Å². The first-order chi connectivity index (χ1) is 17.1. The van der Waals surface area contributed by atoms with Crippen molar-refractivity contribution in [2.45, 2.75) is 44.4 Å². The van der Waals surface area contributed by atoms with Gasteiger partial charge in [-0.1, -0.05) is 6.07 Å². The molecule has 36 heavy (non-hydrogen) atoms. The first kappa shape index (κ1) is 25.5. The van der Waals surface area contributed by atoms with Gasteiger partial charge in [0.1, 0.15) is 22.8 Å². The monoisotopic (exact) mass is 516 g/mol. The van der Waals surface area contributed by atoms with Crippen LogP contribution in [0.5, 0.6) is 0 Å². The molecule has 0 spiro atoms. The molecule has 2 aromatic heterocycles. The molecule has 1 amide bonds. The van der Waals surface area contributed by atoms with Crippen molar-refractivity contribution in [2.24, 2.45) is 5.92 Å². The van der Waals surface area contributed by atoms with E-state index in [1.807, 2.05) is 19.1 Å². The van der Waals surface area contributed by atoms with Gasteiger partial charge >= 0.3 is 6.18 Å². The Morgan fingerprint density at radius 3 is 2.72 bits per heavy atom. The summed E-state index contributed by atoms with van der Waals surface area (Å²) < 4.78 is 38.9. The largest absolute Gasteiger partial charge is 0.433 e. The normalized spacial score (nSPS) is 19.9. The second-order valence-electron chi connectivity index (χ2n) is 8.69. The standard InChI is InChI=1S/C24H23F3N6O2S/c1-14-10-16(12-17(11-14)32-22-30-8-4-19(33-22)24(25,26)27)18-13-31-21(36-18)23(35)5-2-15(3-6-23)20(34)29-9-7-28/h4,8,10-13,15,35H,2-3,5-6,9H2,1H3,(H,29,34)(H,30,32,33). The summed E-state index contributed by atoms with van der Waals surface area (Å²) in [6.45, 7) is 1.82. The minimum Gasteiger partial charge on any atom is -0.383 e. The Balaban J connectivity index is 1.50. The van der Waals surface area contributed by atoms with Gasteiger partial charge in [0.05, 0.1) is 10.9 Å². The third-order valence-corrected chi connectivity index (χ3v) is 7.23. The lowest BCUT2D eigenvalue weighted by Crippen LogP contribution is -2.38. The number of hydrogen-bond acceptors (Lipinski definition) is 8. The highest BCUT2D eigenvalue weighted by molar-refractivity contribution is 7.15. The zero-order chi connectivity index (χ0) is 25.9. The molecular formula is C24H23F3N6O2S. The number of rotatable bonds is 6. The van der Waals surface area contributed by atoms with Crippen LogP contribution >= 0.6 is 11.3 Å². The zero-order valence-electron chi connectivity index (χ0n) is 19.3. The number of halogens is 3. The van der Waals surface area contributed by atoms with E-state index < -0.39 is 17.5 Å². The number of thiazole rings is 1. The summed E-state index contributed by atoms with van der Waals surface area (Å²) >= 11 is 1.33. The first-order valence-corrected chi connectivity index (χ1v) is 12.0. The lowest BCUT2D eigenvalue weighted by Gasteiger charge is -2.33. The van der Waals surface area contributed by atoms with E-state index >= 15 is 0 Å². The maximum absolute atomic E-state index is 13.0. The van der Waals surface area contributed by atoms with Gasteiger partial charge in [-0.2, -0.15) is 18.4 Å². The molecule has 1 fully saturated rings. The number of aryl methyl sites for hydroxylation is 1. The number of hydrogen-bond donors (Lipinski definition) is 3. The summed E-state index contributed by atoms with van der Waals surface area (Å²) in [5, 5.41) is 25.8. The number of anilines is 2. The summed E-state index contributed by atoms with van der Waals surface area (Å²) in [5.74, 6) is -0.597. The van der Waals surface area contributed by atoms with E-state index in [0.29, 0.717) is 36.4 Å². The van der Waals surface area contributed by atoms with Crippen molar-refractivity contribution in [3.8, 4) is 16.5 Å². The smallest absolute Gasteiger partial charge is 0.383 e. The fourth-order valence-corrected chi connectivity index (χ4v) is 5.22. The van der Waals surface area contributed by atoms with Crippen molar-refractivity contribution in [3.05, 3.63) is 52.9 Å². The van der Waals surface area contributed by atoms with Crippen LogP contribution in [-0.4, -0.2) is 32.5 Å². The van der Waals surface area contributed by atoms with Gasteiger partial charge in [0.25, 0.3) is 0 Å². The Morgan fingerprint density at radius 2 is 2.03 bits per heavy atom. The van der Waals surface area contributed by atoms with Crippen molar-refractivity contribution in [1.82, 2.24) is 20.3 Å². The van der Waals surface area contributed by atoms with E-state index in [1.165, 1.54) is 11.3 Å². The van der Waals surface area contributed by atoms with Gasteiger partial charge in [-0.25, -0.2) is 15.0 Å². The van der Waals surface area contributed by atoms with Gasteiger partial charge in [0.15, 0.2) is 0 Å². The van der Waals surface area contributed by atoms with Crippen LogP contribution < -0.4 is 10.6 Å². The third-order valence-electron chi connectivity index (χ3n) is 5.99. The molecule has 0 atom stereocenters. The summed E-state index contributed by atoms with van der Waals surface area (Å²) in [5.41, 5.74) is -0.0283. The Morgan fingerprint density at radius 1 is 1.28 bits per heavy atom. The molecule has 1 aliphatic rings. The van der Waals surface area contributed by atoms with Gasteiger partial charge in [-0.3, -0.25) is 4.79 Å². The van der Waals surface area contributed by atoms with Crippen molar-refractivity contribution < 1.29 is 23.1 Å². The molecule has 8 nitrogen and oxygen atoms in total. The second-order valence-corrected chi connectivity index (χ2v) is 9.72. The van der Waals surface area contributed by atoms with Crippen LogP contribution in [0.4, 0.5) is 24.8 Å². The molecule has 1 saturated carbocycles. The number of nitrogens with one attached hydrogen (secondary N) is 2. The number of carbonyl (C=O) groups excluding carboxylic acids is 1. The molecule has 4 rings (SSSR count). The van der Waals surface area contributed by atoms with Crippen LogP contribution in [0.15, 0.2) is 36.7 Å². The molecule has 3 N–H and O–H groups in total. The SMILES string of the molecule is Cc1cc(Nc2nccc(C(F)(F)F)n2)cc(-c2cnc(C3(O)CCC(C(=O)NCC#N)CC3)s2)c1. The molecule has 0 aliphatic heterocycles. The summed E-state index contributed by atoms with van der Waals surface area (Å²) in [6, 6.07) is 8.13.